The number of non-ortho nitro benzene ring substituents is 1. The van der Waals surface area contributed by atoms with E-state index in [9.17, 15) is 14.9 Å². The Morgan fingerprint density at radius 1 is 1.00 bits per heavy atom. The molecule has 5 nitrogen and oxygen atoms in total. The van der Waals surface area contributed by atoms with Crippen molar-refractivity contribution in [3.8, 4) is 11.3 Å². The van der Waals surface area contributed by atoms with Gasteiger partial charge in [0.1, 0.15) is 11.5 Å². The number of nitro benzene ring substituents is 1. The molecule has 25 heavy (non-hydrogen) atoms. The Morgan fingerprint density at radius 3 is 2.32 bits per heavy atom. The zero-order valence-corrected chi connectivity index (χ0v) is 14.5. The second kappa shape index (κ2) is 7.27. The third-order valence-electron chi connectivity index (χ3n) is 3.52. The summed E-state index contributed by atoms with van der Waals surface area (Å²) in [6, 6.07) is 16.8. The summed E-state index contributed by atoms with van der Waals surface area (Å²) >= 11 is 3.38. The molecule has 124 valence electrons. The number of carbonyl (C=O) groups is 1. The Bertz CT molecular complexity index is 940. The number of nitrogens with zero attached hydrogens (tertiary/aromatic N) is 1. The maximum absolute atomic E-state index is 12.1. The van der Waals surface area contributed by atoms with Crippen molar-refractivity contribution < 1.29 is 14.1 Å². The molecule has 0 unspecified atom stereocenters. The summed E-state index contributed by atoms with van der Waals surface area (Å²) in [5, 5.41) is 10.6. The smallest absolute Gasteiger partial charge is 0.269 e. The Morgan fingerprint density at radius 2 is 1.68 bits per heavy atom. The van der Waals surface area contributed by atoms with Crippen LogP contribution >= 0.6 is 15.9 Å². The SMILES string of the molecule is O=C(/C=C/c1ccc(-c2ccc(Br)cc2)o1)c1ccc([N+](=O)[O-])cc1. The van der Waals surface area contributed by atoms with Gasteiger partial charge in [0.25, 0.3) is 5.69 Å². The molecular formula is C19H12BrNO4. The second-order valence-electron chi connectivity index (χ2n) is 5.21. The summed E-state index contributed by atoms with van der Waals surface area (Å²) < 4.78 is 6.69. The topological polar surface area (TPSA) is 73.3 Å². The number of carbonyl (C=O) groups excluding carboxylic acids is 1. The third-order valence-corrected chi connectivity index (χ3v) is 4.05. The molecule has 2 aromatic carbocycles. The minimum absolute atomic E-state index is 0.0503. The molecule has 3 rings (SSSR count). The summed E-state index contributed by atoms with van der Waals surface area (Å²) in [4.78, 5) is 22.2. The van der Waals surface area contributed by atoms with Crippen LogP contribution in [0.1, 0.15) is 16.1 Å². The van der Waals surface area contributed by atoms with E-state index in [1.54, 1.807) is 12.1 Å². The zero-order chi connectivity index (χ0) is 17.8. The number of allylic oxidation sites excluding steroid dienone is 1. The lowest BCUT2D eigenvalue weighted by Gasteiger charge is -1.97. The van der Waals surface area contributed by atoms with E-state index in [1.807, 2.05) is 30.3 Å². The number of furan rings is 1. The van der Waals surface area contributed by atoms with E-state index < -0.39 is 4.92 Å². The lowest BCUT2D eigenvalue weighted by atomic mass is 10.1. The Hall–Kier alpha value is -2.99. The first-order valence-corrected chi connectivity index (χ1v) is 8.15. The molecule has 0 fully saturated rings. The van der Waals surface area contributed by atoms with Crippen LogP contribution in [0.25, 0.3) is 17.4 Å². The maximum atomic E-state index is 12.1. The number of rotatable bonds is 5. The molecule has 0 atom stereocenters. The summed E-state index contributed by atoms with van der Waals surface area (Å²) in [7, 11) is 0. The van der Waals surface area contributed by atoms with Crippen LogP contribution < -0.4 is 0 Å². The minimum Gasteiger partial charge on any atom is -0.457 e. The van der Waals surface area contributed by atoms with Gasteiger partial charge in [-0.2, -0.15) is 0 Å². The molecule has 0 bridgehead atoms. The van der Waals surface area contributed by atoms with Crippen LogP contribution in [0.4, 0.5) is 5.69 Å². The van der Waals surface area contributed by atoms with E-state index in [0.717, 1.165) is 10.0 Å². The van der Waals surface area contributed by atoms with Gasteiger partial charge in [-0.3, -0.25) is 14.9 Å². The number of hydrogen-bond acceptors (Lipinski definition) is 4. The molecule has 0 saturated heterocycles. The quantitative estimate of drug-likeness (QED) is 0.246. The van der Waals surface area contributed by atoms with Crippen LogP contribution in [0.5, 0.6) is 0 Å². The van der Waals surface area contributed by atoms with Gasteiger partial charge >= 0.3 is 0 Å². The maximum Gasteiger partial charge on any atom is 0.269 e. The summed E-state index contributed by atoms with van der Waals surface area (Å²) in [6.45, 7) is 0. The predicted octanol–water partition coefficient (Wildman–Crippen LogP) is 5.51. The van der Waals surface area contributed by atoms with Gasteiger partial charge in [-0.05, 0) is 48.6 Å². The first-order chi connectivity index (χ1) is 12.0. The van der Waals surface area contributed by atoms with Gasteiger partial charge in [-0.1, -0.05) is 28.1 Å². The van der Waals surface area contributed by atoms with Gasteiger partial charge in [0, 0.05) is 27.7 Å². The molecule has 0 spiro atoms. The predicted molar refractivity (Wildman–Crippen MR) is 98.3 cm³/mol. The van der Waals surface area contributed by atoms with E-state index in [0.29, 0.717) is 17.1 Å². The van der Waals surface area contributed by atoms with Crippen molar-refractivity contribution in [2.45, 2.75) is 0 Å². The second-order valence-corrected chi connectivity index (χ2v) is 6.13. The molecule has 3 aromatic rings. The number of ketones is 1. The average molecular weight is 398 g/mol. The molecule has 0 N–H and O–H groups in total. The summed E-state index contributed by atoms with van der Waals surface area (Å²) in [6.07, 6.45) is 2.96. The molecule has 0 radical (unpaired) electrons. The largest absolute Gasteiger partial charge is 0.457 e. The van der Waals surface area contributed by atoms with Crippen LogP contribution in [-0.2, 0) is 0 Å². The third kappa shape index (κ3) is 4.10. The van der Waals surface area contributed by atoms with Crippen LogP contribution in [-0.4, -0.2) is 10.7 Å². The van der Waals surface area contributed by atoms with Gasteiger partial charge in [0.15, 0.2) is 5.78 Å². The fourth-order valence-electron chi connectivity index (χ4n) is 2.21. The van der Waals surface area contributed by atoms with Crippen LogP contribution in [0.3, 0.4) is 0 Å². The van der Waals surface area contributed by atoms with Crippen molar-refractivity contribution in [2.75, 3.05) is 0 Å². The van der Waals surface area contributed by atoms with E-state index in [1.165, 1.54) is 30.3 Å². The average Bonchev–Trinajstić information content (AvgIpc) is 3.09. The Kier molecular flexibility index (Phi) is 4.90. The van der Waals surface area contributed by atoms with Crippen molar-refractivity contribution in [1.29, 1.82) is 0 Å². The molecule has 0 aliphatic heterocycles. The normalized spacial score (nSPS) is 10.9. The first kappa shape index (κ1) is 16.9. The van der Waals surface area contributed by atoms with E-state index >= 15 is 0 Å². The number of nitro groups is 1. The summed E-state index contributed by atoms with van der Waals surface area (Å²) in [5.41, 5.74) is 1.26. The van der Waals surface area contributed by atoms with Gasteiger partial charge in [-0.15, -0.1) is 0 Å². The monoisotopic (exact) mass is 397 g/mol. The van der Waals surface area contributed by atoms with Crippen molar-refractivity contribution in [2.24, 2.45) is 0 Å². The van der Waals surface area contributed by atoms with Gasteiger partial charge < -0.3 is 4.42 Å². The van der Waals surface area contributed by atoms with Crippen molar-refractivity contribution in [3.63, 3.8) is 0 Å². The van der Waals surface area contributed by atoms with Crippen LogP contribution in [0, 0.1) is 10.1 Å². The molecule has 1 aromatic heterocycles. The fourth-order valence-corrected chi connectivity index (χ4v) is 2.48. The highest BCUT2D eigenvalue weighted by molar-refractivity contribution is 9.10. The number of benzene rings is 2. The van der Waals surface area contributed by atoms with E-state index in [4.69, 9.17) is 4.42 Å². The molecule has 6 heteroatoms. The zero-order valence-electron chi connectivity index (χ0n) is 12.9. The molecule has 1 heterocycles. The van der Waals surface area contributed by atoms with E-state index in [2.05, 4.69) is 15.9 Å². The molecule has 0 saturated carbocycles. The Labute approximate surface area is 151 Å². The van der Waals surface area contributed by atoms with Gasteiger partial charge in [-0.25, -0.2) is 0 Å². The van der Waals surface area contributed by atoms with E-state index in [-0.39, 0.29) is 11.5 Å². The van der Waals surface area contributed by atoms with Gasteiger partial charge in [0.05, 0.1) is 4.92 Å². The highest BCUT2D eigenvalue weighted by atomic mass is 79.9. The number of hydrogen-bond donors (Lipinski definition) is 0. The highest BCUT2D eigenvalue weighted by Gasteiger charge is 2.08. The molecule has 0 amide bonds. The van der Waals surface area contributed by atoms with Crippen LogP contribution in [0.2, 0.25) is 0 Å². The van der Waals surface area contributed by atoms with Crippen molar-refractivity contribution >= 4 is 33.5 Å². The van der Waals surface area contributed by atoms with Crippen molar-refractivity contribution in [3.05, 3.63) is 92.7 Å². The highest BCUT2D eigenvalue weighted by Crippen LogP contribution is 2.24. The number of halogens is 1. The lowest BCUT2D eigenvalue weighted by Crippen LogP contribution is -1.95. The standard InChI is InChI=1S/C19H12BrNO4/c20-15-5-1-14(2-6-15)19-12-10-17(25-19)9-11-18(22)13-3-7-16(8-4-13)21(23)24/h1-12H/b11-9+. The fraction of sp³-hybridized carbons (Fsp3) is 0. The van der Waals surface area contributed by atoms with Crippen molar-refractivity contribution in [1.82, 2.24) is 0 Å². The lowest BCUT2D eigenvalue weighted by molar-refractivity contribution is -0.384. The molecule has 0 aliphatic rings. The Balaban J connectivity index is 1.72. The summed E-state index contributed by atoms with van der Waals surface area (Å²) in [5.74, 6) is 1.000. The van der Waals surface area contributed by atoms with Crippen LogP contribution in [0.15, 0.2) is 75.6 Å². The minimum atomic E-state index is -0.503. The molecular weight excluding hydrogens is 386 g/mol. The first-order valence-electron chi connectivity index (χ1n) is 7.35. The molecule has 0 aliphatic carbocycles. The van der Waals surface area contributed by atoms with Gasteiger partial charge in [0.2, 0.25) is 0 Å².